The first kappa shape index (κ1) is 13.4. The van der Waals surface area contributed by atoms with Crippen molar-refractivity contribution >= 4 is 28.9 Å². The highest BCUT2D eigenvalue weighted by Crippen LogP contribution is 2.23. The summed E-state index contributed by atoms with van der Waals surface area (Å²) in [5, 5.41) is 3.39. The molecule has 0 aliphatic heterocycles. The van der Waals surface area contributed by atoms with E-state index < -0.39 is 0 Å². The molecule has 0 aliphatic carbocycles. The van der Waals surface area contributed by atoms with Gasteiger partial charge in [-0.05, 0) is 49.2 Å². The molecule has 0 heterocycles. The van der Waals surface area contributed by atoms with Gasteiger partial charge in [0.05, 0.1) is 11.4 Å². The zero-order chi connectivity index (χ0) is 14.0. The van der Waals surface area contributed by atoms with Gasteiger partial charge in [0, 0.05) is 10.6 Å². The molecule has 98 valence electrons. The van der Waals surface area contributed by atoms with E-state index in [9.17, 15) is 4.79 Å². The quantitative estimate of drug-likeness (QED) is 0.819. The topological polar surface area (TPSA) is 55.1 Å². The summed E-state index contributed by atoms with van der Waals surface area (Å²) in [6, 6.07) is 10.8. The van der Waals surface area contributed by atoms with Crippen molar-refractivity contribution in [1.29, 1.82) is 0 Å². The molecule has 0 fully saturated rings. The maximum Gasteiger partial charge on any atom is 0.256 e. The van der Waals surface area contributed by atoms with Gasteiger partial charge in [-0.25, -0.2) is 0 Å². The Bertz CT molecular complexity index is 638. The number of aryl methyl sites for hydroxylation is 1. The predicted octanol–water partition coefficient (Wildman–Crippen LogP) is 3.79. The highest BCUT2D eigenvalue weighted by molar-refractivity contribution is 6.32. The van der Waals surface area contributed by atoms with Crippen molar-refractivity contribution in [2.75, 3.05) is 11.1 Å². The predicted molar refractivity (Wildman–Crippen MR) is 79.7 cm³/mol. The van der Waals surface area contributed by atoms with Crippen molar-refractivity contribution in [3.63, 3.8) is 0 Å². The van der Waals surface area contributed by atoms with E-state index in [-0.39, 0.29) is 5.91 Å². The second-order valence-corrected chi connectivity index (χ2v) is 4.86. The molecule has 0 bridgehead atoms. The molecule has 3 nitrogen and oxygen atoms in total. The van der Waals surface area contributed by atoms with Crippen molar-refractivity contribution in [2.45, 2.75) is 13.8 Å². The third kappa shape index (κ3) is 2.88. The van der Waals surface area contributed by atoms with Crippen LogP contribution < -0.4 is 11.1 Å². The van der Waals surface area contributed by atoms with E-state index in [2.05, 4.69) is 5.32 Å². The van der Waals surface area contributed by atoms with Crippen molar-refractivity contribution in [2.24, 2.45) is 0 Å². The number of rotatable bonds is 2. The number of nitrogens with one attached hydrogen (secondary N) is 1. The summed E-state index contributed by atoms with van der Waals surface area (Å²) >= 11 is 6.01. The monoisotopic (exact) mass is 274 g/mol. The standard InChI is InChI=1S/C15H15ClN2O/c1-9-6-7-13(17)14(8-9)18-15(19)11-4-3-5-12(16)10(11)2/h3-8H,17H2,1-2H3,(H,18,19). The Morgan fingerprint density at radius 1 is 1.21 bits per heavy atom. The van der Waals surface area contributed by atoms with E-state index in [0.717, 1.165) is 11.1 Å². The average Bonchev–Trinajstić information content (AvgIpc) is 2.37. The molecule has 0 radical (unpaired) electrons. The Kier molecular flexibility index (Phi) is 3.76. The van der Waals surface area contributed by atoms with Gasteiger partial charge >= 0.3 is 0 Å². The SMILES string of the molecule is Cc1ccc(N)c(NC(=O)c2cccc(Cl)c2C)c1. The molecule has 19 heavy (non-hydrogen) atoms. The normalized spacial score (nSPS) is 10.3. The van der Waals surface area contributed by atoms with Crippen LogP contribution in [0.1, 0.15) is 21.5 Å². The number of hydrogen-bond donors (Lipinski definition) is 2. The lowest BCUT2D eigenvalue weighted by Crippen LogP contribution is -2.14. The minimum absolute atomic E-state index is 0.211. The van der Waals surface area contributed by atoms with Crippen LogP contribution in [0.5, 0.6) is 0 Å². The third-order valence-electron chi connectivity index (χ3n) is 2.97. The van der Waals surface area contributed by atoms with Gasteiger partial charge < -0.3 is 11.1 Å². The molecule has 0 aromatic heterocycles. The summed E-state index contributed by atoms with van der Waals surface area (Å²) in [6.45, 7) is 3.76. The summed E-state index contributed by atoms with van der Waals surface area (Å²) in [7, 11) is 0. The first-order valence-electron chi connectivity index (χ1n) is 5.91. The van der Waals surface area contributed by atoms with Gasteiger partial charge in [0.25, 0.3) is 5.91 Å². The molecular formula is C15H15ClN2O. The van der Waals surface area contributed by atoms with Crippen LogP contribution in [0.15, 0.2) is 36.4 Å². The lowest BCUT2D eigenvalue weighted by molar-refractivity contribution is 0.102. The van der Waals surface area contributed by atoms with Gasteiger partial charge in [0.2, 0.25) is 0 Å². The van der Waals surface area contributed by atoms with Crippen molar-refractivity contribution in [1.82, 2.24) is 0 Å². The van der Waals surface area contributed by atoms with Crippen LogP contribution in [-0.2, 0) is 0 Å². The number of carbonyl (C=O) groups excluding carboxylic acids is 1. The number of nitrogens with two attached hydrogens (primary N) is 1. The Morgan fingerprint density at radius 2 is 1.95 bits per heavy atom. The van der Waals surface area contributed by atoms with Gasteiger partial charge in [-0.15, -0.1) is 0 Å². The molecule has 2 aromatic carbocycles. The zero-order valence-electron chi connectivity index (χ0n) is 10.8. The summed E-state index contributed by atoms with van der Waals surface area (Å²) in [4.78, 5) is 12.2. The molecule has 0 atom stereocenters. The molecule has 0 unspecified atom stereocenters. The first-order valence-corrected chi connectivity index (χ1v) is 6.29. The molecule has 0 saturated heterocycles. The molecule has 2 aromatic rings. The molecule has 2 rings (SSSR count). The summed E-state index contributed by atoms with van der Waals surface area (Å²) in [5.74, 6) is -0.211. The number of benzene rings is 2. The Labute approximate surface area is 117 Å². The van der Waals surface area contributed by atoms with Gasteiger partial charge in [-0.2, -0.15) is 0 Å². The van der Waals surface area contributed by atoms with Crippen LogP contribution in [0, 0.1) is 13.8 Å². The summed E-state index contributed by atoms with van der Waals surface area (Å²) in [5.41, 5.74) is 9.34. The fourth-order valence-electron chi connectivity index (χ4n) is 1.82. The van der Waals surface area contributed by atoms with Crippen molar-refractivity contribution in [3.05, 3.63) is 58.1 Å². The molecular weight excluding hydrogens is 260 g/mol. The highest BCUT2D eigenvalue weighted by atomic mass is 35.5. The molecule has 3 N–H and O–H groups in total. The van der Waals surface area contributed by atoms with Gasteiger partial charge in [-0.1, -0.05) is 23.7 Å². The maximum atomic E-state index is 12.2. The van der Waals surface area contributed by atoms with E-state index in [4.69, 9.17) is 17.3 Å². The number of carbonyl (C=O) groups is 1. The average molecular weight is 275 g/mol. The molecule has 1 amide bonds. The van der Waals surface area contributed by atoms with Crippen LogP contribution >= 0.6 is 11.6 Å². The Balaban J connectivity index is 2.31. The fourth-order valence-corrected chi connectivity index (χ4v) is 2.00. The van der Waals surface area contributed by atoms with E-state index in [0.29, 0.717) is 22.0 Å². The maximum absolute atomic E-state index is 12.2. The number of halogens is 1. The van der Waals surface area contributed by atoms with Gasteiger partial charge in [-0.3, -0.25) is 4.79 Å². The molecule has 0 saturated carbocycles. The zero-order valence-corrected chi connectivity index (χ0v) is 11.6. The van der Waals surface area contributed by atoms with Crippen LogP contribution in [0.4, 0.5) is 11.4 Å². The second-order valence-electron chi connectivity index (χ2n) is 4.46. The fraction of sp³-hybridized carbons (Fsp3) is 0.133. The minimum atomic E-state index is -0.211. The number of nitrogen functional groups attached to an aromatic ring is 1. The molecule has 4 heteroatoms. The van der Waals surface area contributed by atoms with Crippen molar-refractivity contribution < 1.29 is 4.79 Å². The van der Waals surface area contributed by atoms with Crippen LogP contribution in [-0.4, -0.2) is 5.91 Å². The van der Waals surface area contributed by atoms with Gasteiger partial charge in [0.1, 0.15) is 0 Å². The number of hydrogen-bond acceptors (Lipinski definition) is 2. The van der Waals surface area contributed by atoms with Gasteiger partial charge in [0.15, 0.2) is 0 Å². The Hall–Kier alpha value is -2.00. The molecule has 0 spiro atoms. The number of amides is 1. The summed E-state index contributed by atoms with van der Waals surface area (Å²) in [6.07, 6.45) is 0. The molecule has 0 aliphatic rings. The lowest BCUT2D eigenvalue weighted by atomic mass is 10.1. The van der Waals surface area contributed by atoms with E-state index in [1.165, 1.54) is 0 Å². The number of anilines is 2. The van der Waals surface area contributed by atoms with Crippen LogP contribution in [0.3, 0.4) is 0 Å². The summed E-state index contributed by atoms with van der Waals surface area (Å²) < 4.78 is 0. The smallest absolute Gasteiger partial charge is 0.256 e. The van der Waals surface area contributed by atoms with E-state index in [1.807, 2.05) is 26.0 Å². The Morgan fingerprint density at radius 3 is 2.68 bits per heavy atom. The van der Waals surface area contributed by atoms with Crippen LogP contribution in [0.25, 0.3) is 0 Å². The minimum Gasteiger partial charge on any atom is -0.397 e. The van der Waals surface area contributed by atoms with Crippen molar-refractivity contribution in [3.8, 4) is 0 Å². The van der Waals surface area contributed by atoms with Crippen LogP contribution in [0.2, 0.25) is 5.02 Å². The van der Waals surface area contributed by atoms with E-state index >= 15 is 0 Å². The largest absolute Gasteiger partial charge is 0.397 e. The highest BCUT2D eigenvalue weighted by Gasteiger charge is 2.12. The first-order chi connectivity index (χ1) is 8.99. The van der Waals surface area contributed by atoms with E-state index in [1.54, 1.807) is 24.3 Å². The second kappa shape index (κ2) is 5.33. The third-order valence-corrected chi connectivity index (χ3v) is 3.38. The lowest BCUT2D eigenvalue weighted by Gasteiger charge is -2.11.